The molecule has 6 heteroatoms. The molecule has 0 amide bonds. The lowest BCUT2D eigenvalue weighted by Crippen LogP contribution is -2.17. The summed E-state index contributed by atoms with van der Waals surface area (Å²) in [5.74, 6) is 0.304. The number of benzene rings is 2. The molecule has 2 aromatic carbocycles. The third kappa shape index (κ3) is 4.29. The molecule has 0 radical (unpaired) electrons. The number of ketones is 1. The predicted octanol–water partition coefficient (Wildman–Crippen LogP) is 2.97. The Kier molecular flexibility index (Phi) is 5.72. The summed E-state index contributed by atoms with van der Waals surface area (Å²) in [4.78, 5) is 22.5. The molecule has 0 saturated carbocycles. The highest BCUT2D eigenvalue weighted by Crippen LogP contribution is 2.42. The Morgan fingerprint density at radius 2 is 1.87 bits per heavy atom. The van der Waals surface area contributed by atoms with Crippen molar-refractivity contribution in [2.45, 2.75) is 13.3 Å². The van der Waals surface area contributed by atoms with Gasteiger partial charge in [-0.25, -0.2) is 0 Å². The van der Waals surface area contributed by atoms with Crippen LogP contribution in [0.2, 0.25) is 0 Å². The molecule has 5 nitrogen and oxygen atoms in total. The first-order valence-corrected chi connectivity index (χ1v) is 8.78. The van der Waals surface area contributed by atoms with Gasteiger partial charge < -0.3 is 14.2 Å². The number of carbonyl (C=O) groups is 1. The van der Waals surface area contributed by atoms with Crippen molar-refractivity contribution < 1.29 is 23.5 Å². The third-order valence-electron chi connectivity index (χ3n) is 3.35. The van der Waals surface area contributed by atoms with Crippen LogP contribution in [0, 0.1) is 0 Å². The van der Waals surface area contributed by atoms with E-state index in [0.717, 1.165) is 0 Å². The van der Waals surface area contributed by atoms with E-state index in [-0.39, 0.29) is 24.1 Å². The normalized spacial score (nSPS) is 13.3. The summed E-state index contributed by atoms with van der Waals surface area (Å²) in [7, 11) is -2.53. The smallest absolute Gasteiger partial charge is 0.359 e. The molecular weight excluding hydrogens is 315 g/mol. The van der Waals surface area contributed by atoms with Gasteiger partial charge in [-0.2, -0.15) is 0 Å². The van der Waals surface area contributed by atoms with Crippen LogP contribution in [0.4, 0.5) is 0 Å². The molecule has 1 unspecified atom stereocenters. The van der Waals surface area contributed by atoms with E-state index in [1.54, 1.807) is 43.3 Å². The van der Waals surface area contributed by atoms with Crippen molar-refractivity contribution in [3.63, 3.8) is 0 Å². The van der Waals surface area contributed by atoms with E-state index in [1.165, 1.54) is 13.2 Å². The minimum atomic E-state index is -4.00. The lowest BCUT2D eigenvalue weighted by Gasteiger charge is -2.16. The number of rotatable bonds is 7. The number of ether oxygens (including phenoxy) is 1. The predicted molar refractivity (Wildman–Crippen MR) is 88.6 cm³/mol. The van der Waals surface area contributed by atoms with Crippen molar-refractivity contribution in [2.24, 2.45) is 0 Å². The second-order valence-corrected chi connectivity index (χ2v) is 6.68. The summed E-state index contributed by atoms with van der Waals surface area (Å²) in [5.41, 5.74) is 1.01. The maximum Gasteiger partial charge on any atom is 0.359 e. The number of carbonyl (C=O) groups excluding carboxylic acids is 1. The fourth-order valence-electron chi connectivity index (χ4n) is 2.23. The molecule has 0 aliphatic carbocycles. The van der Waals surface area contributed by atoms with Gasteiger partial charge in [0.1, 0.15) is 5.75 Å². The number of Topliss-reactive ketones (excluding diaryl/α,β-unsaturated/α-hetero) is 1. The van der Waals surface area contributed by atoms with E-state index in [4.69, 9.17) is 9.26 Å². The molecule has 2 rings (SSSR count). The monoisotopic (exact) mass is 334 g/mol. The quantitative estimate of drug-likeness (QED) is 0.622. The fraction of sp³-hybridized carbons (Fsp3) is 0.235. The Hall–Kier alpha value is -1.94. The van der Waals surface area contributed by atoms with Gasteiger partial charge in [0, 0.05) is 12.0 Å². The average molecular weight is 334 g/mol. The van der Waals surface area contributed by atoms with Gasteiger partial charge in [0.15, 0.2) is 5.78 Å². The van der Waals surface area contributed by atoms with Gasteiger partial charge in [0.05, 0.1) is 19.0 Å². The van der Waals surface area contributed by atoms with Gasteiger partial charge >= 0.3 is 7.60 Å². The van der Waals surface area contributed by atoms with Crippen molar-refractivity contribution in [1.82, 2.24) is 0 Å². The van der Waals surface area contributed by atoms with Crippen LogP contribution >= 0.6 is 7.60 Å². The van der Waals surface area contributed by atoms with E-state index >= 15 is 0 Å². The maximum absolute atomic E-state index is 12.4. The van der Waals surface area contributed by atoms with Crippen LogP contribution in [0.1, 0.15) is 22.8 Å². The third-order valence-corrected chi connectivity index (χ3v) is 4.98. The van der Waals surface area contributed by atoms with Crippen LogP contribution in [-0.2, 0) is 15.5 Å². The second kappa shape index (κ2) is 7.55. The van der Waals surface area contributed by atoms with Crippen LogP contribution in [0.5, 0.6) is 5.75 Å². The molecule has 23 heavy (non-hydrogen) atoms. The van der Waals surface area contributed by atoms with Crippen LogP contribution in [0.25, 0.3) is 0 Å². The Morgan fingerprint density at radius 3 is 2.48 bits per heavy atom. The number of methoxy groups -OCH3 is 1. The maximum atomic E-state index is 12.4. The molecule has 0 spiro atoms. The Bertz CT molecular complexity index is 727. The molecule has 122 valence electrons. The highest BCUT2D eigenvalue weighted by molar-refractivity contribution is 7.61. The fourth-order valence-corrected chi connectivity index (χ4v) is 3.52. The van der Waals surface area contributed by atoms with Gasteiger partial charge in [-0.05, 0) is 24.6 Å². The van der Waals surface area contributed by atoms with Gasteiger partial charge in [0.25, 0.3) is 0 Å². The Labute approximate surface area is 135 Å². The summed E-state index contributed by atoms with van der Waals surface area (Å²) in [6.45, 7) is 1.73. The zero-order valence-electron chi connectivity index (χ0n) is 13.1. The molecule has 0 aliphatic heterocycles. The largest absolute Gasteiger partial charge is 0.497 e. The molecule has 0 aromatic heterocycles. The van der Waals surface area contributed by atoms with Crippen molar-refractivity contribution in [1.29, 1.82) is 0 Å². The summed E-state index contributed by atoms with van der Waals surface area (Å²) in [5, 5.41) is 0.1000. The van der Waals surface area contributed by atoms with E-state index < -0.39 is 7.60 Å². The summed E-state index contributed by atoms with van der Waals surface area (Å²) in [6, 6.07) is 13.5. The van der Waals surface area contributed by atoms with Crippen LogP contribution in [0.3, 0.4) is 0 Å². The zero-order chi connectivity index (χ0) is 16.9. The first-order chi connectivity index (χ1) is 11.0. The van der Waals surface area contributed by atoms with Gasteiger partial charge in [-0.3, -0.25) is 9.36 Å². The minimum Gasteiger partial charge on any atom is -0.497 e. The summed E-state index contributed by atoms with van der Waals surface area (Å²) >= 11 is 0. The van der Waals surface area contributed by atoms with Crippen molar-refractivity contribution in [2.75, 3.05) is 13.7 Å². The standard InChI is InChI=1S/C17H19O5P/c1-3-22-23(19,20)17-12-15(21-2)10-9-14(17)11-16(18)13-7-5-4-6-8-13/h4-10,12H,3,11H2,1-2H3,(H,19,20). The first-order valence-electron chi connectivity index (χ1n) is 7.21. The van der Waals surface area contributed by atoms with E-state index in [0.29, 0.717) is 16.9 Å². The van der Waals surface area contributed by atoms with Crippen molar-refractivity contribution in [3.05, 3.63) is 59.7 Å². The van der Waals surface area contributed by atoms with E-state index in [1.807, 2.05) is 6.07 Å². The van der Waals surface area contributed by atoms with Crippen molar-refractivity contribution in [3.8, 4) is 5.75 Å². The lowest BCUT2D eigenvalue weighted by molar-refractivity contribution is 0.0993. The second-order valence-electron chi connectivity index (χ2n) is 4.90. The van der Waals surface area contributed by atoms with E-state index in [2.05, 4.69) is 0 Å². The average Bonchev–Trinajstić information content (AvgIpc) is 2.55. The molecule has 1 atom stereocenters. The molecule has 0 saturated heterocycles. The van der Waals surface area contributed by atoms with Crippen molar-refractivity contribution >= 4 is 18.7 Å². The molecule has 0 heterocycles. The lowest BCUT2D eigenvalue weighted by atomic mass is 10.0. The zero-order valence-corrected chi connectivity index (χ0v) is 14.0. The minimum absolute atomic E-state index is 0.0148. The molecular formula is C17H19O5P. The van der Waals surface area contributed by atoms with E-state index in [9.17, 15) is 14.3 Å². The first kappa shape index (κ1) is 17.4. The molecule has 1 N–H and O–H groups in total. The van der Waals surface area contributed by atoms with Gasteiger partial charge in [0.2, 0.25) is 0 Å². The Morgan fingerprint density at radius 1 is 1.17 bits per heavy atom. The summed E-state index contributed by atoms with van der Waals surface area (Å²) in [6.07, 6.45) is 0.0148. The molecule has 0 aliphatic rings. The van der Waals surface area contributed by atoms with Crippen LogP contribution in [0.15, 0.2) is 48.5 Å². The highest BCUT2D eigenvalue weighted by Gasteiger charge is 2.27. The van der Waals surface area contributed by atoms with Crippen LogP contribution in [-0.4, -0.2) is 24.4 Å². The molecule has 0 fully saturated rings. The summed E-state index contributed by atoms with van der Waals surface area (Å²) < 4.78 is 22.5. The number of hydrogen-bond donors (Lipinski definition) is 1. The number of hydrogen-bond acceptors (Lipinski definition) is 4. The highest BCUT2D eigenvalue weighted by atomic mass is 31.2. The molecule has 2 aromatic rings. The SMILES string of the molecule is CCOP(=O)(O)c1cc(OC)ccc1CC(=O)c1ccccc1. The topological polar surface area (TPSA) is 72.8 Å². The van der Waals surface area contributed by atoms with Gasteiger partial charge in [-0.15, -0.1) is 0 Å². The van der Waals surface area contributed by atoms with Crippen LogP contribution < -0.4 is 10.0 Å². The Balaban J connectivity index is 2.38. The van der Waals surface area contributed by atoms with Gasteiger partial charge in [-0.1, -0.05) is 36.4 Å². The molecule has 0 bridgehead atoms.